The molecule has 20 heavy (non-hydrogen) atoms. The van der Waals surface area contributed by atoms with Crippen LogP contribution in [0.3, 0.4) is 0 Å². The lowest BCUT2D eigenvalue weighted by atomic mass is 9.64. The molecule has 2 bridgehead atoms. The third-order valence-corrected chi connectivity index (χ3v) is 5.15. The van der Waals surface area contributed by atoms with E-state index in [2.05, 4.69) is 43.0 Å². The van der Waals surface area contributed by atoms with Gasteiger partial charge >= 0.3 is 5.97 Å². The van der Waals surface area contributed by atoms with Crippen molar-refractivity contribution in [1.82, 2.24) is 4.90 Å². The maximum absolute atomic E-state index is 12.1. The van der Waals surface area contributed by atoms with Crippen LogP contribution in [0.1, 0.15) is 30.9 Å². The molecule has 4 rings (SSSR count). The average molecular weight is 273 g/mol. The Kier molecular flexibility index (Phi) is 3.55. The number of piperidine rings is 2. The van der Waals surface area contributed by atoms with E-state index in [0.717, 1.165) is 6.54 Å². The summed E-state index contributed by atoms with van der Waals surface area (Å²) in [5.74, 6) is 1.04. The van der Waals surface area contributed by atoms with E-state index in [0.29, 0.717) is 17.9 Å². The normalized spacial score (nSPS) is 32.5. The van der Waals surface area contributed by atoms with Crippen LogP contribution in [0.2, 0.25) is 0 Å². The summed E-state index contributed by atoms with van der Waals surface area (Å²) in [6, 6.07) is 9.09. The Hall–Kier alpha value is -1.35. The Labute approximate surface area is 120 Å². The molecule has 3 nitrogen and oxygen atoms in total. The maximum atomic E-state index is 12.1. The molecule has 0 amide bonds. The second kappa shape index (κ2) is 5.21. The van der Waals surface area contributed by atoms with Crippen LogP contribution in [-0.4, -0.2) is 30.1 Å². The fourth-order valence-corrected chi connectivity index (χ4v) is 3.72. The van der Waals surface area contributed by atoms with Crippen molar-refractivity contribution in [2.75, 3.05) is 7.11 Å². The van der Waals surface area contributed by atoms with Crippen LogP contribution in [0.25, 0.3) is 0 Å². The van der Waals surface area contributed by atoms with Crippen LogP contribution in [0, 0.1) is 18.8 Å². The summed E-state index contributed by atoms with van der Waals surface area (Å²) in [7, 11) is 1.50. The summed E-state index contributed by atoms with van der Waals surface area (Å²) in [6.07, 6.45) is 2.47. The molecule has 0 spiro atoms. The van der Waals surface area contributed by atoms with Gasteiger partial charge in [0.1, 0.15) is 6.04 Å². The van der Waals surface area contributed by atoms with Crippen molar-refractivity contribution in [1.29, 1.82) is 0 Å². The van der Waals surface area contributed by atoms with Gasteiger partial charge in [0.05, 0.1) is 7.11 Å². The fraction of sp³-hybridized carbons (Fsp3) is 0.588. The van der Waals surface area contributed by atoms with Gasteiger partial charge in [-0.15, -0.1) is 0 Å². The average Bonchev–Trinajstić information content (AvgIpc) is 2.39. The lowest BCUT2D eigenvalue weighted by Gasteiger charge is -2.56. The van der Waals surface area contributed by atoms with Crippen molar-refractivity contribution < 1.29 is 9.53 Å². The van der Waals surface area contributed by atoms with Crippen molar-refractivity contribution in [2.45, 2.75) is 45.3 Å². The van der Waals surface area contributed by atoms with E-state index >= 15 is 0 Å². The minimum absolute atomic E-state index is 0.0704. The van der Waals surface area contributed by atoms with Crippen LogP contribution >= 0.6 is 0 Å². The van der Waals surface area contributed by atoms with Crippen molar-refractivity contribution in [2.24, 2.45) is 11.8 Å². The Morgan fingerprint density at radius 2 is 1.95 bits per heavy atom. The lowest BCUT2D eigenvalue weighted by molar-refractivity contribution is -0.164. The second-order valence-corrected chi connectivity index (χ2v) is 6.37. The van der Waals surface area contributed by atoms with Gasteiger partial charge < -0.3 is 4.74 Å². The predicted octanol–water partition coefficient (Wildman–Crippen LogP) is 2.77. The van der Waals surface area contributed by atoms with E-state index in [-0.39, 0.29) is 12.0 Å². The molecule has 1 aromatic carbocycles. The van der Waals surface area contributed by atoms with Gasteiger partial charge in [-0.3, -0.25) is 9.69 Å². The van der Waals surface area contributed by atoms with Gasteiger partial charge in [0.2, 0.25) is 0 Å². The van der Waals surface area contributed by atoms with E-state index in [9.17, 15) is 4.79 Å². The third-order valence-electron chi connectivity index (χ3n) is 5.15. The molecule has 3 aliphatic rings. The molecular formula is C17H23NO2. The smallest absolute Gasteiger partial charge is 0.323 e. The first-order valence-electron chi connectivity index (χ1n) is 7.49. The van der Waals surface area contributed by atoms with Gasteiger partial charge in [0.25, 0.3) is 0 Å². The number of carbonyl (C=O) groups excluding carboxylic acids is 1. The van der Waals surface area contributed by atoms with E-state index < -0.39 is 0 Å². The highest BCUT2D eigenvalue weighted by Gasteiger charge is 2.51. The molecule has 2 heterocycles. The second-order valence-electron chi connectivity index (χ2n) is 6.37. The minimum Gasteiger partial charge on any atom is -0.468 e. The number of aryl methyl sites for hydroxylation is 1. The molecule has 1 aliphatic carbocycles. The van der Waals surface area contributed by atoms with Gasteiger partial charge in [-0.05, 0) is 37.2 Å². The molecule has 1 aromatic rings. The number of fused-ring (bicyclic) bond motifs is 2. The topological polar surface area (TPSA) is 29.5 Å². The number of carbonyl (C=O) groups is 1. The molecule has 0 aromatic heterocycles. The molecule has 3 heteroatoms. The monoisotopic (exact) mass is 273 g/mol. The van der Waals surface area contributed by atoms with Crippen LogP contribution in [-0.2, 0) is 16.1 Å². The molecule has 2 atom stereocenters. The molecule has 0 N–H and O–H groups in total. The van der Waals surface area contributed by atoms with Gasteiger partial charge in [0, 0.05) is 12.6 Å². The molecule has 2 saturated heterocycles. The summed E-state index contributed by atoms with van der Waals surface area (Å²) in [4.78, 5) is 14.5. The van der Waals surface area contributed by atoms with E-state index in [1.807, 2.05) is 0 Å². The van der Waals surface area contributed by atoms with Gasteiger partial charge in [0.15, 0.2) is 0 Å². The first-order chi connectivity index (χ1) is 9.60. The summed E-state index contributed by atoms with van der Waals surface area (Å²) in [6.45, 7) is 5.14. The molecular weight excluding hydrogens is 250 g/mol. The molecule has 2 unspecified atom stereocenters. The minimum atomic E-state index is -0.0706. The lowest BCUT2D eigenvalue weighted by Crippen LogP contribution is -2.63. The third kappa shape index (κ3) is 2.24. The number of ether oxygens (including phenoxy) is 1. The quantitative estimate of drug-likeness (QED) is 0.793. The zero-order valence-corrected chi connectivity index (χ0v) is 12.5. The molecule has 1 saturated carbocycles. The van der Waals surface area contributed by atoms with Crippen molar-refractivity contribution in [3.05, 3.63) is 35.4 Å². The first-order valence-corrected chi connectivity index (χ1v) is 7.49. The Morgan fingerprint density at radius 3 is 2.55 bits per heavy atom. The first kappa shape index (κ1) is 13.6. The largest absolute Gasteiger partial charge is 0.468 e. The molecule has 3 fully saturated rings. The molecule has 2 aliphatic heterocycles. The highest BCUT2D eigenvalue weighted by molar-refractivity contribution is 5.76. The number of nitrogens with zero attached hydrogens (tertiary/aromatic N) is 1. The Bertz CT molecular complexity index is 490. The summed E-state index contributed by atoms with van der Waals surface area (Å²) in [5.41, 5.74) is 2.55. The molecule has 0 radical (unpaired) electrons. The zero-order valence-electron chi connectivity index (χ0n) is 12.5. The predicted molar refractivity (Wildman–Crippen MR) is 78.2 cm³/mol. The summed E-state index contributed by atoms with van der Waals surface area (Å²) in [5, 5.41) is 0. The number of hydrogen-bond donors (Lipinski definition) is 0. The SMILES string of the molecule is COC(=O)C1C(C)C2CC(C2)N1Cc1ccc(C)cc1. The fourth-order valence-electron chi connectivity index (χ4n) is 3.72. The van der Waals surface area contributed by atoms with Gasteiger partial charge in [-0.1, -0.05) is 36.8 Å². The van der Waals surface area contributed by atoms with Crippen LogP contribution in [0.15, 0.2) is 24.3 Å². The number of esters is 1. The van der Waals surface area contributed by atoms with Crippen LogP contribution in [0.5, 0.6) is 0 Å². The maximum Gasteiger partial charge on any atom is 0.323 e. The van der Waals surface area contributed by atoms with E-state index in [1.165, 1.54) is 31.1 Å². The number of benzene rings is 1. The van der Waals surface area contributed by atoms with Crippen LogP contribution < -0.4 is 0 Å². The highest BCUT2D eigenvalue weighted by atomic mass is 16.5. The standard InChI is InChI=1S/C17H23NO2/c1-11-4-6-13(7-5-11)10-18-15-8-14(9-15)12(2)16(18)17(19)20-3/h4-7,12,14-16H,8-10H2,1-3H3. The number of rotatable bonds is 3. The zero-order chi connectivity index (χ0) is 14.3. The summed E-state index contributed by atoms with van der Waals surface area (Å²) >= 11 is 0. The van der Waals surface area contributed by atoms with Crippen molar-refractivity contribution in [3.63, 3.8) is 0 Å². The van der Waals surface area contributed by atoms with Crippen molar-refractivity contribution in [3.8, 4) is 0 Å². The highest BCUT2D eigenvalue weighted by Crippen LogP contribution is 2.47. The Morgan fingerprint density at radius 1 is 1.30 bits per heavy atom. The Balaban J connectivity index is 1.81. The van der Waals surface area contributed by atoms with E-state index in [4.69, 9.17) is 4.74 Å². The van der Waals surface area contributed by atoms with Gasteiger partial charge in [-0.25, -0.2) is 0 Å². The van der Waals surface area contributed by atoms with E-state index in [1.54, 1.807) is 0 Å². The number of hydrogen-bond acceptors (Lipinski definition) is 3. The molecule has 108 valence electrons. The van der Waals surface area contributed by atoms with Crippen LogP contribution in [0.4, 0.5) is 0 Å². The number of methoxy groups -OCH3 is 1. The van der Waals surface area contributed by atoms with Crippen molar-refractivity contribution >= 4 is 5.97 Å². The van der Waals surface area contributed by atoms with Gasteiger partial charge in [-0.2, -0.15) is 0 Å². The summed E-state index contributed by atoms with van der Waals surface area (Å²) < 4.78 is 5.04.